The van der Waals surface area contributed by atoms with Crippen LogP contribution < -0.4 is 15.4 Å². The van der Waals surface area contributed by atoms with Crippen molar-refractivity contribution < 1.29 is 4.74 Å². The molecule has 1 aromatic heterocycles. The average Bonchev–Trinajstić information content (AvgIpc) is 2.96. The fourth-order valence-corrected chi connectivity index (χ4v) is 1.85. The largest absolute Gasteiger partial charge is 0.494 e. The van der Waals surface area contributed by atoms with Crippen LogP contribution in [0.1, 0.15) is 12.2 Å². The molecule has 22 heavy (non-hydrogen) atoms. The second-order valence-corrected chi connectivity index (χ2v) is 4.67. The summed E-state index contributed by atoms with van der Waals surface area (Å²) in [5, 5.41) is 10.5. The van der Waals surface area contributed by atoms with Gasteiger partial charge < -0.3 is 15.4 Å². The molecule has 7 nitrogen and oxygen atoms in total. The van der Waals surface area contributed by atoms with E-state index in [0.29, 0.717) is 13.2 Å². The summed E-state index contributed by atoms with van der Waals surface area (Å²) in [4.78, 5) is 8.32. The fourth-order valence-electron chi connectivity index (χ4n) is 1.85. The molecule has 0 unspecified atom stereocenters. The molecular formula is C15H22N6O. The Balaban J connectivity index is 1.61. The Morgan fingerprint density at radius 2 is 2.09 bits per heavy atom. The highest BCUT2D eigenvalue weighted by molar-refractivity contribution is 5.79. The Morgan fingerprint density at radius 1 is 1.27 bits per heavy atom. The zero-order valence-corrected chi connectivity index (χ0v) is 13.0. The summed E-state index contributed by atoms with van der Waals surface area (Å²) in [5.41, 5.74) is 0. The molecule has 2 rings (SSSR count). The van der Waals surface area contributed by atoms with Crippen molar-refractivity contribution in [2.24, 2.45) is 12.0 Å². The van der Waals surface area contributed by atoms with Gasteiger partial charge in [0, 0.05) is 20.6 Å². The van der Waals surface area contributed by atoms with Crippen LogP contribution in [0.15, 0.2) is 41.7 Å². The maximum absolute atomic E-state index is 5.63. The number of hydrogen-bond donors (Lipinski definition) is 2. The van der Waals surface area contributed by atoms with Gasteiger partial charge in [-0.3, -0.25) is 9.67 Å². The van der Waals surface area contributed by atoms with Crippen molar-refractivity contribution in [3.63, 3.8) is 0 Å². The lowest BCUT2D eigenvalue weighted by molar-refractivity contribution is 0.311. The van der Waals surface area contributed by atoms with Gasteiger partial charge in [-0.05, 0) is 18.6 Å². The summed E-state index contributed by atoms with van der Waals surface area (Å²) in [6.07, 6.45) is 2.42. The first-order valence-electron chi connectivity index (χ1n) is 7.25. The number of rotatable bonds is 7. The number of aryl methyl sites for hydroxylation is 1. The van der Waals surface area contributed by atoms with Gasteiger partial charge in [0.1, 0.15) is 17.9 Å². The summed E-state index contributed by atoms with van der Waals surface area (Å²) in [5.74, 6) is 2.49. The predicted molar refractivity (Wildman–Crippen MR) is 85.8 cm³/mol. The van der Waals surface area contributed by atoms with Crippen molar-refractivity contribution >= 4 is 5.96 Å². The number of guanidine groups is 1. The average molecular weight is 302 g/mol. The molecule has 1 aromatic carbocycles. The van der Waals surface area contributed by atoms with Crippen molar-refractivity contribution in [2.45, 2.75) is 13.0 Å². The number of aliphatic imine (C=N–C) groups is 1. The quantitative estimate of drug-likeness (QED) is 0.452. The number of nitrogens with zero attached hydrogens (tertiary/aromatic N) is 4. The highest BCUT2D eigenvalue weighted by atomic mass is 16.5. The number of ether oxygens (including phenoxy) is 1. The van der Waals surface area contributed by atoms with Gasteiger partial charge in [-0.1, -0.05) is 18.2 Å². The molecule has 0 aliphatic carbocycles. The van der Waals surface area contributed by atoms with Crippen LogP contribution in [0.25, 0.3) is 0 Å². The number of hydrogen-bond acceptors (Lipinski definition) is 4. The molecule has 1 heterocycles. The molecule has 0 radical (unpaired) electrons. The van der Waals surface area contributed by atoms with E-state index < -0.39 is 0 Å². The van der Waals surface area contributed by atoms with E-state index in [-0.39, 0.29) is 0 Å². The van der Waals surface area contributed by atoms with Crippen LogP contribution in [0.5, 0.6) is 5.75 Å². The summed E-state index contributed by atoms with van der Waals surface area (Å²) in [6, 6.07) is 9.81. The summed E-state index contributed by atoms with van der Waals surface area (Å²) < 4.78 is 7.36. The second-order valence-electron chi connectivity index (χ2n) is 4.67. The Bertz CT molecular complexity index is 581. The van der Waals surface area contributed by atoms with Crippen molar-refractivity contribution in [3.05, 3.63) is 42.5 Å². The predicted octanol–water partition coefficient (Wildman–Crippen LogP) is 0.949. The van der Waals surface area contributed by atoms with E-state index in [1.807, 2.05) is 37.4 Å². The van der Waals surface area contributed by atoms with E-state index in [0.717, 1.165) is 30.5 Å². The van der Waals surface area contributed by atoms with E-state index in [1.165, 1.54) is 6.33 Å². The maximum Gasteiger partial charge on any atom is 0.191 e. The SMILES string of the molecule is CN=C(NCCCOc1ccccc1)NCc1ncnn1C. The smallest absolute Gasteiger partial charge is 0.191 e. The van der Waals surface area contributed by atoms with Crippen LogP contribution in [0, 0.1) is 0 Å². The number of aromatic nitrogens is 3. The molecule has 0 amide bonds. The lowest BCUT2D eigenvalue weighted by Crippen LogP contribution is -2.38. The fraction of sp³-hybridized carbons (Fsp3) is 0.400. The molecule has 2 aromatic rings. The molecule has 0 spiro atoms. The lowest BCUT2D eigenvalue weighted by atomic mass is 10.3. The number of nitrogens with one attached hydrogen (secondary N) is 2. The molecule has 118 valence electrons. The highest BCUT2D eigenvalue weighted by Gasteiger charge is 2.02. The van der Waals surface area contributed by atoms with Crippen LogP contribution in [-0.4, -0.2) is 40.9 Å². The van der Waals surface area contributed by atoms with Crippen molar-refractivity contribution in [2.75, 3.05) is 20.2 Å². The van der Waals surface area contributed by atoms with Crippen LogP contribution in [0.3, 0.4) is 0 Å². The molecular weight excluding hydrogens is 280 g/mol. The summed E-state index contributed by atoms with van der Waals surface area (Å²) >= 11 is 0. The third-order valence-electron chi connectivity index (χ3n) is 3.07. The van der Waals surface area contributed by atoms with Gasteiger partial charge >= 0.3 is 0 Å². The van der Waals surface area contributed by atoms with Crippen molar-refractivity contribution in [1.29, 1.82) is 0 Å². The molecule has 7 heteroatoms. The first kappa shape index (κ1) is 15.8. The van der Waals surface area contributed by atoms with Crippen molar-refractivity contribution in [1.82, 2.24) is 25.4 Å². The minimum absolute atomic E-state index is 0.580. The van der Waals surface area contributed by atoms with E-state index in [1.54, 1.807) is 11.7 Å². The van der Waals surface area contributed by atoms with E-state index in [2.05, 4.69) is 25.7 Å². The Hall–Kier alpha value is -2.57. The molecule has 0 saturated heterocycles. The molecule has 0 aliphatic rings. The third-order valence-corrected chi connectivity index (χ3v) is 3.07. The van der Waals surface area contributed by atoms with E-state index in [4.69, 9.17) is 4.74 Å². The molecule has 0 saturated carbocycles. The Morgan fingerprint density at radius 3 is 2.77 bits per heavy atom. The van der Waals surface area contributed by atoms with Gasteiger partial charge in [-0.15, -0.1) is 0 Å². The molecule has 2 N–H and O–H groups in total. The second kappa shape index (κ2) is 8.66. The molecule has 0 fully saturated rings. The van der Waals surface area contributed by atoms with Crippen LogP contribution in [0.2, 0.25) is 0 Å². The Labute approximate surface area is 130 Å². The molecule has 0 bridgehead atoms. The minimum atomic E-state index is 0.580. The van der Waals surface area contributed by atoms with Crippen molar-refractivity contribution in [3.8, 4) is 5.75 Å². The van der Waals surface area contributed by atoms with Gasteiger partial charge in [-0.2, -0.15) is 5.10 Å². The first-order valence-corrected chi connectivity index (χ1v) is 7.25. The summed E-state index contributed by atoms with van der Waals surface area (Å²) in [7, 11) is 3.60. The first-order chi connectivity index (χ1) is 10.8. The monoisotopic (exact) mass is 302 g/mol. The van der Waals surface area contributed by atoms with Gasteiger partial charge in [-0.25, -0.2) is 4.98 Å². The number of para-hydroxylation sites is 1. The maximum atomic E-state index is 5.63. The van der Waals surface area contributed by atoms with Crippen LogP contribution >= 0.6 is 0 Å². The topological polar surface area (TPSA) is 76.4 Å². The van der Waals surface area contributed by atoms with Gasteiger partial charge in [0.25, 0.3) is 0 Å². The van der Waals surface area contributed by atoms with E-state index in [9.17, 15) is 0 Å². The zero-order valence-electron chi connectivity index (χ0n) is 13.0. The van der Waals surface area contributed by atoms with Gasteiger partial charge in [0.15, 0.2) is 5.96 Å². The minimum Gasteiger partial charge on any atom is -0.494 e. The van der Waals surface area contributed by atoms with Crippen LogP contribution in [-0.2, 0) is 13.6 Å². The van der Waals surface area contributed by atoms with E-state index >= 15 is 0 Å². The molecule has 0 atom stereocenters. The van der Waals surface area contributed by atoms with Crippen LogP contribution in [0.4, 0.5) is 0 Å². The third kappa shape index (κ3) is 5.08. The Kier molecular flexibility index (Phi) is 6.22. The molecule has 0 aliphatic heterocycles. The normalized spacial score (nSPS) is 11.3. The lowest BCUT2D eigenvalue weighted by Gasteiger charge is -2.11. The highest BCUT2D eigenvalue weighted by Crippen LogP contribution is 2.07. The number of benzene rings is 1. The summed E-state index contributed by atoms with van der Waals surface area (Å²) in [6.45, 7) is 2.03. The standard InChI is InChI=1S/C15H22N6O/c1-16-15(18-11-14-19-12-20-21(14)2)17-9-6-10-22-13-7-4-3-5-8-13/h3-5,7-8,12H,6,9-11H2,1-2H3,(H2,16,17,18). The van der Waals surface area contributed by atoms with Gasteiger partial charge in [0.05, 0.1) is 13.2 Å². The van der Waals surface area contributed by atoms with Gasteiger partial charge in [0.2, 0.25) is 0 Å². The zero-order chi connectivity index (χ0) is 15.6.